The lowest BCUT2D eigenvalue weighted by Crippen LogP contribution is -2.44. The van der Waals surface area contributed by atoms with E-state index in [1.54, 1.807) is 6.07 Å². The van der Waals surface area contributed by atoms with Gasteiger partial charge in [0.1, 0.15) is 4.88 Å². The molecule has 2 N–H and O–H groups in total. The monoisotopic (exact) mass is 318 g/mol. The van der Waals surface area contributed by atoms with Gasteiger partial charge < -0.3 is 10.1 Å². The molecule has 0 radical (unpaired) electrons. The maximum atomic E-state index is 11.5. The van der Waals surface area contributed by atoms with E-state index >= 15 is 0 Å². The summed E-state index contributed by atoms with van der Waals surface area (Å²) in [7, 11) is 0. The van der Waals surface area contributed by atoms with Gasteiger partial charge in [-0.25, -0.2) is 9.59 Å². The Balaban J connectivity index is 2.33. The number of thiophene rings is 1. The van der Waals surface area contributed by atoms with Gasteiger partial charge in [-0.1, -0.05) is 18.5 Å². The van der Waals surface area contributed by atoms with Crippen molar-refractivity contribution in [1.29, 1.82) is 0 Å². The van der Waals surface area contributed by atoms with Crippen molar-refractivity contribution in [3.63, 3.8) is 0 Å². The van der Waals surface area contributed by atoms with Crippen LogP contribution < -0.4 is 10.6 Å². The van der Waals surface area contributed by atoms with Crippen LogP contribution in [0.5, 0.6) is 0 Å². The van der Waals surface area contributed by atoms with Crippen LogP contribution in [0.25, 0.3) is 0 Å². The first-order chi connectivity index (χ1) is 9.42. The van der Waals surface area contributed by atoms with E-state index in [0.717, 1.165) is 17.8 Å². The minimum Gasteiger partial charge on any atom is -0.451 e. The first-order valence-electron chi connectivity index (χ1n) is 5.95. The van der Waals surface area contributed by atoms with Crippen LogP contribution in [0.2, 0.25) is 4.34 Å². The highest BCUT2D eigenvalue weighted by Gasteiger charge is 2.14. The number of hydrogen-bond donors (Lipinski definition) is 2. The van der Waals surface area contributed by atoms with E-state index in [1.807, 2.05) is 13.8 Å². The lowest BCUT2D eigenvalue weighted by Gasteiger charge is -2.11. The Morgan fingerprint density at radius 3 is 2.65 bits per heavy atom. The average Bonchev–Trinajstić information content (AvgIpc) is 2.82. The number of nitrogens with one attached hydrogen (secondary N) is 2. The SMILES string of the molecule is CC[C@H](C)NC(=O)NC(=O)COC(=O)c1ccc(Cl)s1. The second-order valence-electron chi connectivity index (χ2n) is 4.01. The van der Waals surface area contributed by atoms with Crippen molar-refractivity contribution in [3.8, 4) is 0 Å². The molecule has 0 aliphatic rings. The van der Waals surface area contributed by atoms with Gasteiger partial charge in [-0.15, -0.1) is 11.3 Å². The van der Waals surface area contributed by atoms with E-state index in [-0.39, 0.29) is 6.04 Å². The second kappa shape index (κ2) is 7.86. The van der Waals surface area contributed by atoms with Crippen LogP contribution in [0.4, 0.5) is 4.79 Å². The van der Waals surface area contributed by atoms with Crippen LogP contribution >= 0.6 is 22.9 Å². The topological polar surface area (TPSA) is 84.5 Å². The summed E-state index contributed by atoms with van der Waals surface area (Å²) >= 11 is 6.73. The van der Waals surface area contributed by atoms with Crippen molar-refractivity contribution in [2.45, 2.75) is 26.3 Å². The zero-order chi connectivity index (χ0) is 15.1. The third kappa shape index (κ3) is 5.58. The number of urea groups is 1. The first kappa shape index (κ1) is 16.5. The van der Waals surface area contributed by atoms with Crippen molar-refractivity contribution in [2.75, 3.05) is 6.61 Å². The molecular weight excluding hydrogens is 304 g/mol. The number of carbonyl (C=O) groups is 3. The average molecular weight is 319 g/mol. The number of imide groups is 1. The fourth-order valence-electron chi connectivity index (χ4n) is 1.15. The number of carbonyl (C=O) groups excluding carboxylic acids is 3. The standard InChI is InChI=1S/C12H15ClN2O4S/c1-3-7(2)14-12(18)15-10(16)6-19-11(17)8-4-5-9(13)20-8/h4-5,7H,3,6H2,1-2H3,(H2,14,15,16,18)/t7-/m0/s1. The maximum Gasteiger partial charge on any atom is 0.348 e. The van der Waals surface area contributed by atoms with Crippen LogP contribution in [-0.2, 0) is 9.53 Å². The number of ether oxygens (including phenoxy) is 1. The summed E-state index contributed by atoms with van der Waals surface area (Å²) in [4.78, 5) is 34.6. The molecular formula is C12H15ClN2O4S. The van der Waals surface area contributed by atoms with Gasteiger partial charge in [-0.3, -0.25) is 10.1 Å². The summed E-state index contributed by atoms with van der Waals surface area (Å²) in [5, 5.41) is 4.62. The fraction of sp³-hybridized carbons (Fsp3) is 0.417. The minimum absolute atomic E-state index is 0.0430. The molecule has 110 valence electrons. The molecule has 1 aromatic heterocycles. The van der Waals surface area contributed by atoms with Gasteiger partial charge in [0.15, 0.2) is 6.61 Å². The van der Waals surface area contributed by atoms with E-state index in [1.165, 1.54) is 6.07 Å². The van der Waals surface area contributed by atoms with Crippen molar-refractivity contribution in [1.82, 2.24) is 10.6 Å². The molecule has 0 aromatic carbocycles. The van der Waals surface area contributed by atoms with Crippen molar-refractivity contribution in [2.24, 2.45) is 0 Å². The zero-order valence-electron chi connectivity index (χ0n) is 11.1. The Hall–Kier alpha value is -1.60. The van der Waals surface area contributed by atoms with E-state index in [2.05, 4.69) is 10.6 Å². The van der Waals surface area contributed by atoms with Crippen molar-refractivity contribution >= 4 is 40.8 Å². The summed E-state index contributed by atoms with van der Waals surface area (Å²) in [6, 6.07) is 2.41. The number of amides is 3. The van der Waals surface area contributed by atoms with Crippen LogP contribution in [0.3, 0.4) is 0 Å². The highest BCUT2D eigenvalue weighted by Crippen LogP contribution is 2.21. The minimum atomic E-state index is -0.693. The molecule has 1 heterocycles. The quantitative estimate of drug-likeness (QED) is 0.815. The second-order valence-corrected chi connectivity index (χ2v) is 5.73. The van der Waals surface area contributed by atoms with Gasteiger partial charge in [0.2, 0.25) is 0 Å². The highest BCUT2D eigenvalue weighted by molar-refractivity contribution is 7.17. The predicted molar refractivity (Wildman–Crippen MR) is 76.0 cm³/mol. The molecule has 6 nitrogen and oxygen atoms in total. The largest absolute Gasteiger partial charge is 0.451 e. The predicted octanol–water partition coefficient (Wildman–Crippen LogP) is 2.18. The van der Waals surface area contributed by atoms with Gasteiger partial charge in [0.25, 0.3) is 5.91 Å². The molecule has 3 amide bonds. The van der Waals surface area contributed by atoms with Crippen LogP contribution in [-0.4, -0.2) is 30.6 Å². The smallest absolute Gasteiger partial charge is 0.348 e. The third-order valence-corrected chi connectivity index (χ3v) is 3.56. The Labute approximate surface area is 125 Å². The van der Waals surface area contributed by atoms with Gasteiger partial charge in [-0.2, -0.15) is 0 Å². The lowest BCUT2D eigenvalue weighted by atomic mass is 10.3. The molecule has 1 aromatic rings. The summed E-state index contributed by atoms with van der Waals surface area (Å²) in [6.45, 7) is 3.19. The number of esters is 1. The molecule has 0 aliphatic carbocycles. The molecule has 0 fully saturated rings. The summed E-state index contributed by atoms with van der Waals surface area (Å²) < 4.78 is 5.21. The normalized spacial score (nSPS) is 11.6. The lowest BCUT2D eigenvalue weighted by molar-refractivity contribution is -0.123. The van der Waals surface area contributed by atoms with Crippen molar-refractivity contribution in [3.05, 3.63) is 21.3 Å². The number of halogens is 1. The highest BCUT2D eigenvalue weighted by atomic mass is 35.5. The molecule has 8 heteroatoms. The molecule has 0 saturated heterocycles. The van der Waals surface area contributed by atoms with Gasteiger partial charge >= 0.3 is 12.0 Å². The maximum absolute atomic E-state index is 11.5. The molecule has 1 rings (SSSR count). The van der Waals surface area contributed by atoms with E-state index in [4.69, 9.17) is 16.3 Å². The summed E-state index contributed by atoms with van der Waals surface area (Å²) in [6.07, 6.45) is 0.746. The van der Waals surface area contributed by atoms with Gasteiger partial charge in [0, 0.05) is 6.04 Å². The van der Waals surface area contributed by atoms with Gasteiger partial charge in [0.05, 0.1) is 4.34 Å². The molecule has 0 saturated carbocycles. The van der Waals surface area contributed by atoms with E-state index in [0.29, 0.717) is 9.21 Å². The molecule has 0 aliphatic heterocycles. The Bertz CT molecular complexity index is 503. The Morgan fingerprint density at radius 2 is 2.10 bits per heavy atom. The number of rotatable bonds is 5. The number of hydrogen-bond acceptors (Lipinski definition) is 5. The van der Waals surface area contributed by atoms with E-state index < -0.39 is 24.5 Å². The van der Waals surface area contributed by atoms with Gasteiger partial charge in [-0.05, 0) is 25.5 Å². The third-order valence-electron chi connectivity index (χ3n) is 2.35. The zero-order valence-corrected chi connectivity index (χ0v) is 12.6. The van der Waals surface area contributed by atoms with E-state index in [9.17, 15) is 14.4 Å². The molecule has 1 atom stereocenters. The molecule has 20 heavy (non-hydrogen) atoms. The molecule has 0 spiro atoms. The Morgan fingerprint density at radius 1 is 1.40 bits per heavy atom. The summed E-state index contributed by atoms with van der Waals surface area (Å²) in [5.74, 6) is -1.35. The summed E-state index contributed by atoms with van der Waals surface area (Å²) in [5.41, 5.74) is 0. The van der Waals surface area contributed by atoms with Crippen molar-refractivity contribution < 1.29 is 19.1 Å². The first-order valence-corrected chi connectivity index (χ1v) is 7.14. The van der Waals surface area contributed by atoms with Crippen LogP contribution in [0, 0.1) is 0 Å². The molecule has 0 bridgehead atoms. The van der Waals surface area contributed by atoms with Crippen LogP contribution in [0.1, 0.15) is 29.9 Å². The Kier molecular flexibility index (Phi) is 6.47. The molecule has 0 unspecified atom stereocenters. The van der Waals surface area contributed by atoms with Crippen LogP contribution in [0.15, 0.2) is 12.1 Å². The fourth-order valence-corrected chi connectivity index (χ4v) is 2.09.